The second kappa shape index (κ2) is 9.07. The Labute approximate surface area is 189 Å². The maximum atomic E-state index is 13.3. The van der Waals surface area contributed by atoms with Crippen LogP contribution < -0.4 is 0 Å². The van der Waals surface area contributed by atoms with Crippen LogP contribution in [0.1, 0.15) is 22.3 Å². The average molecular weight is 444 g/mol. The van der Waals surface area contributed by atoms with E-state index in [1.165, 1.54) is 4.31 Å². The molecule has 0 amide bonds. The monoisotopic (exact) mass is 443 g/mol. The second-order valence-electron chi connectivity index (χ2n) is 8.08. The van der Waals surface area contributed by atoms with E-state index in [4.69, 9.17) is 0 Å². The Morgan fingerprint density at radius 3 is 1.56 bits per heavy atom. The van der Waals surface area contributed by atoms with Gasteiger partial charge in [-0.15, -0.1) is 0 Å². The molecule has 5 heteroatoms. The summed E-state index contributed by atoms with van der Waals surface area (Å²) in [5.41, 5.74) is 4.89. The van der Waals surface area contributed by atoms with Gasteiger partial charge in [0.15, 0.2) is 5.78 Å². The summed E-state index contributed by atoms with van der Waals surface area (Å²) < 4.78 is 28.1. The predicted octanol–water partition coefficient (Wildman–Crippen LogP) is 5.04. The lowest BCUT2D eigenvalue weighted by atomic mass is 9.95. The Kier molecular flexibility index (Phi) is 6.21. The van der Waals surface area contributed by atoms with Gasteiger partial charge in [0, 0.05) is 24.2 Å². The van der Waals surface area contributed by atoms with E-state index >= 15 is 0 Å². The molecule has 0 N–H and O–H groups in total. The largest absolute Gasteiger partial charge is 0.289 e. The van der Waals surface area contributed by atoms with E-state index in [0.717, 1.165) is 22.3 Å². The highest BCUT2D eigenvalue weighted by Gasteiger charge is 2.34. The van der Waals surface area contributed by atoms with Crippen LogP contribution in [0.3, 0.4) is 0 Å². The molecule has 32 heavy (non-hydrogen) atoms. The third-order valence-electron chi connectivity index (χ3n) is 5.49. The number of benzene rings is 3. The van der Waals surface area contributed by atoms with Crippen molar-refractivity contribution in [2.75, 3.05) is 13.1 Å². The van der Waals surface area contributed by atoms with Gasteiger partial charge in [0.05, 0.1) is 4.90 Å². The first-order valence-corrected chi connectivity index (χ1v) is 11.9. The molecule has 4 rings (SSSR count). The fraction of sp³-hybridized carbons (Fsp3) is 0.148. The van der Waals surface area contributed by atoms with Crippen molar-refractivity contribution < 1.29 is 13.2 Å². The zero-order valence-corrected chi connectivity index (χ0v) is 19.0. The van der Waals surface area contributed by atoms with Crippen molar-refractivity contribution >= 4 is 28.0 Å². The van der Waals surface area contributed by atoms with Crippen molar-refractivity contribution in [1.29, 1.82) is 0 Å². The predicted molar refractivity (Wildman–Crippen MR) is 129 cm³/mol. The lowest BCUT2D eigenvalue weighted by Crippen LogP contribution is -2.41. The van der Waals surface area contributed by atoms with E-state index < -0.39 is 10.0 Å². The van der Waals surface area contributed by atoms with Crippen LogP contribution in [0.5, 0.6) is 0 Å². The molecule has 162 valence electrons. The third kappa shape index (κ3) is 4.79. The molecule has 0 unspecified atom stereocenters. The summed E-state index contributed by atoms with van der Waals surface area (Å²) in [6, 6.07) is 24.0. The Bertz CT molecular complexity index is 1220. The van der Waals surface area contributed by atoms with Gasteiger partial charge in [-0.3, -0.25) is 4.79 Å². The number of sulfonamides is 1. The fourth-order valence-electron chi connectivity index (χ4n) is 3.65. The molecule has 0 radical (unpaired) electrons. The maximum Gasteiger partial charge on any atom is 0.243 e. The lowest BCUT2D eigenvalue weighted by Gasteiger charge is -2.29. The number of carbonyl (C=O) groups excluding carboxylic acids is 1. The van der Waals surface area contributed by atoms with Gasteiger partial charge in [-0.2, -0.15) is 4.31 Å². The molecule has 3 aromatic rings. The van der Waals surface area contributed by atoms with E-state index in [2.05, 4.69) is 0 Å². The second-order valence-corrected chi connectivity index (χ2v) is 10.0. The number of carbonyl (C=O) groups is 1. The summed E-state index contributed by atoms with van der Waals surface area (Å²) in [7, 11) is -3.75. The van der Waals surface area contributed by atoms with Gasteiger partial charge < -0.3 is 0 Å². The summed E-state index contributed by atoms with van der Waals surface area (Å²) in [5.74, 6) is -0.120. The third-order valence-corrected chi connectivity index (χ3v) is 7.30. The standard InChI is InChI=1S/C27H25NO3S/c1-20-8-12-22(13-9-20)16-24-18-28(32(30,31)26-6-4-3-5-7-26)19-25(27(24)29)17-23-14-10-21(2)11-15-23/h3-17H,18-19H2,1-2H3/b24-16-,25-17+. The first-order valence-electron chi connectivity index (χ1n) is 10.5. The smallest absolute Gasteiger partial charge is 0.243 e. The quantitative estimate of drug-likeness (QED) is 0.531. The number of rotatable bonds is 4. The minimum atomic E-state index is -3.75. The summed E-state index contributed by atoms with van der Waals surface area (Å²) in [5, 5.41) is 0. The number of piperidine rings is 1. The average Bonchev–Trinajstić information content (AvgIpc) is 2.80. The Balaban J connectivity index is 1.77. The number of Topliss-reactive ketones (excluding diaryl/α,β-unsaturated/α-hetero) is 1. The van der Waals surface area contributed by atoms with E-state index in [1.807, 2.05) is 62.4 Å². The van der Waals surface area contributed by atoms with Crippen molar-refractivity contribution in [1.82, 2.24) is 4.31 Å². The van der Waals surface area contributed by atoms with E-state index in [0.29, 0.717) is 11.1 Å². The van der Waals surface area contributed by atoms with Crippen molar-refractivity contribution in [3.63, 3.8) is 0 Å². The van der Waals surface area contributed by atoms with E-state index in [1.54, 1.807) is 42.5 Å². The van der Waals surface area contributed by atoms with Crippen molar-refractivity contribution in [3.8, 4) is 0 Å². The molecule has 0 aliphatic carbocycles. The van der Waals surface area contributed by atoms with E-state index in [-0.39, 0.29) is 23.8 Å². The first-order chi connectivity index (χ1) is 15.3. The van der Waals surface area contributed by atoms with Crippen LogP contribution in [0.15, 0.2) is 94.9 Å². The molecule has 0 aromatic heterocycles. The Hall–Kier alpha value is -3.28. The molecule has 1 fully saturated rings. The molecule has 1 aliphatic heterocycles. The van der Waals surface area contributed by atoms with Gasteiger partial charge >= 0.3 is 0 Å². The number of aryl methyl sites for hydroxylation is 2. The summed E-state index contributed by atoms with van der Waals surface area (Å²) >= 11 is 0. The van der Waals surface area contributed by atoms with Crippen LogP contribution in [0.4, 0.5) is 0 Å². The minimum Gasteiger partial charge on any atom is -0.289 e. The van der Waals surface area contributed by atoms with Crippen molar-refractivity contribution in [2.24, 2.45) is 0 Å². The summed E-state index contributed by atoms with van der Waals surface area (Å²) in [4.78, 5) is 13.5. The van der Waals surface area contributed by atoms with Gasteiger partial charge in [-0.25, -0.2) is 8.42 Å². The minimum absolute atomic E-state index is 0.0369. The molecule has 1 aliphatic rings. The molecule has 1 saturated heterocycles. The topological polar surface area (TPSA) is 54.5 Å². The SMILES string of the molecule is Cc1ccc(/C=C2/CN(S(=O)(=O)c3ccccc3)C/C(=C\c3ccc(C)cc3)C2=O)cc1. The normalized spacial score (nSPS) is 17.8. The molecular weight excluding hydrogens is 418 g/mol. The molecule has 0 atom stereocenters. The number of nitrogens with zero attached hydrogens (tertiary/aromatic N) is 1. The van der Waals surface area contributed by atoms with Crippen LogP contribution in [0.25, 0.3) is 12.2 Å². The Morgan fingerprint density at radius 2 is 1.12 bits per heavy atom. The van der Waals surface area contributed by atoms with Crippen LogP contribution in [-0.4, -0.2) is 31.6 Å². The lowest BCUT2D eigenvalue weighted by molar-refractivity contribution is -0.113. The van der Waals surface area contributed by atoms with E-state index in [9.17, 15) is 13.2 Å². The number of hydrogen-bond donors (Lipinski definition) is 0. The zero-order chi connectivity index (χ0) is 22.7. The highest BCUT2D eigenvalue weighted by Crippen LogP contribution is 2.27. The molecule has 0 bridgehead atoms. The molecule has 0 spiro atoms. The van der Waals surface area contributed by atoms with Crippen LogP contribution in [0, 0.1) is 13.8 Å². The van der Waals surface area contributed by atoms with Gasteiger partial charge in [0.25, 0.3) is 0 Å². The molecule has 3 aromatic carbocycles. The number of hydrogen-bond acceptors (Lipinski definition) is 3. The van der Waals surface area contributed by atoms with Gasteiger partial charge in [0.1, 0.15) is 0 Å². The first kappa shape index (κ1) is 21.9. The molecule has 4 nitrogen and oxygen atoms in total. The van der Waals surface area contributed by atoms with Crippen LogP contribution in [0.2, 0.25) is 0 Å². The van der Waals surface area contributed by atoms with Crippen molar-refractivity contribution in [3.05, 3.63) is 112 Å². The molecule has 0 saturated carbocycles. The van der Waals surface area contributed by atoms with Gasteiger partial charge in [-0.1, -0.05) is 77.9 Å². The number of ketones is 1. The summed E-state index contributed by atoms with van der Waals surface area (Å²) in [6.07, 6.45) is 3.58. The van der Waals surface area contributed by atoms with Crippen LogP contribution in [-0.2, 0) is 14.8 Å². The highest BCUT2D eigenvalue weighted by atomic mass is 32.2. The van der Waals surface area contributed by atoms with Gasteiger partial charge in [0.2, 0.25) is 10.0 Å². The van der Waals surface area contributed by atoms with Crippen molar-refractivity contribution in [2.45, 2.75) is 18.7 Å². The van der Waals surface area contributed by atoms with Gasteiger partial charge in [-0.05, 0) is 49.3 Å². The maximum absolute atomic E-state index is 13.3. The van der Waals surface area contributed by atoms with Crippen LogP contribution >= 0.6 is 0 Å². The zero-order valence-electron chi connectivity index (χ0n) is 18.2. The fourth-order valence-corrected chi connectivity index (χ4v) is 5.06. The molecule has 1 heterocycles. The Morgan fingerprint density at radius 1 is 0.688 bits per heavy atom. The highest BCUT2D eigenvalue weighted by molar-refractivity contribution is 7.89. The summed E-state index contributed by atoms with van der Waals surface area (Å²) in [6.45, 7) is 4.07. The molecular formula is C27H25NO3S.